The summed E-state index contributed by atoms with van der Waals surface area (Å²) in [5.41, 5.74) is 4.37. The van der Waals surface area contributed by atoms with Crippen molar-refractivity contribution in [1.29, 1.82) is 0 Å². The van der Waals surface area contributed by atoms with Gasteiger partial charge in [-0.25, -0.2) is 4.98 Å². The molecular weight excluding hydrogens is 330 g/mol. The third-order valence-corrected chi connectivity index (χ3v) is 5.02. The Morgan fingerprint density at radius 1 is 1.16 bits per heavy atom. The van der Waals surface area contributed by atoms with E-state index in [0.29, 0.717) is 5.75 Å². The molecule has 2 aromatic carbocycles. The average molecular weight is 351 g/mol. The van der Waals surface area contributed by atoms with Gasteiger partial charge < -0.3 is 4.90 Å². The van der Waals surface area contributed by atoms with E-state index in [1.165, 1.54) is 22.9 Å². The maximum atomic E-state index is 12.5. The van der Waals surface area contributed by atoms with E-state index in [-0.39, 0.29) is 5.91 Å². The quantitative estimate of drug-likeness (QED) is 0.645. The minimum absolute atomic E-state index is 0.0479. The van der Waals surface area contributed by atoms with Crippen LogP contribution in [0.4, 0.5) is 5.69 Å². The lowest BCUT2D eigenvalue weighted by Gasteiger charge is -2.17. The molecule has 5 heteroatoms. The van der Waals surface area contributed by atoms with Gasteiger partial charge in [-0.05, 0) is 43.2 Å². The highest BCUT2D eigenvalue weighted by molar-refractivity contribution is 7.99. The summed E-state index contributed by atoms with van der Waals surface area (Å²) in [6.07, 6.45) is 3.71. The molecule has 0 fully saturated rings. The first kappa shape index (κ1) is 17.3. The van der Waals surface area contributed by atoms with Gasteiger partial charge in [-0.15, -0.1) is 0 Å². The Morgan fingerprint density at radius 3 is 2.68 bits per heavy atom. The zero-order valence-electron chi connectivity index (χ0n) is 14.6. The molecule has 0 radical (unpaired) electrons. The first-order valence-electron chi connectivity index (χ1n) is 8.11. The molecule has 0 aliphatic carbocycles. The van der Waals surface area contributed by atoms with Gasteiger partial charge in [-0.3, -0.25) is 9.36 Å². The summed E-state index contributed by atoms with van der Waals surface area (Å²) in [6.45, 7) is 4.16. The number of rotatable bonds is 5. The number of benzene rings is 2. The first-order valence-corrected chi connectivity index (χ1v) is 9.10. The van der Waals surface area contributed by atoms with E-state index >= 15 is 0 Å². The van der Waals surface area contributed by atoms with Crippen molar-refractivity contribution in [2.45, 2.75) is 19.0 Å². The fourth-order valence-electron chi connectivity index (χ4n) is 2.58. The van der Waals surface area contributed by atoms with Gasteiger partial charge in [-0.2, -0.15) is 0 Å². The number of nitrogens with zero attached hydrogens (tertiary/aromatic N) is 3. The molecule has 0 unspecified atom stereocenters. The molecule has 1 heterocycles. The van der Waals surface area contributed by atoms with Gasteiger partial charge in [0.05, 0.1) is 11.4 Å². The van der Waals surface area contributed by atoms with Crippen molar-refractivity contribution in [2.24, 2.45) is 0 Å². The molecule has 25 heavy (non-hydrogen) atoms. The second-order valence-corrected chi connectivity index (χ2v) is 6.89. The molecule has 128 valence electrons. The molecule has 0 atom stereocenters. The molecule has 0 N–H and O–H groups in total. The number of anilines is 1. The molecule has 3 rings (SSSR count). The van der Waals surface area contributed by atoms with Gasteiger partial charge in [-0.1, -0.05) is 42.1 Å². The largest absolute Gasteiger partial charge is 0.315 e. The molecule has 1 amide bonds. The number of hydrogen-bond acceptors (Lipinski definition) is 3. The second-order valence-electron chi connectivity index (χ2n) is 5.95. The van der Waals surface area contributed by atoms with Crippen LogP contribution in [0.5, 0.6) is 0 Å². The van der Waals surface area contributed by atoms with Crippen molar-refractivity contribution < 1.29 is 4.79 Å². The van der Waals surface area contributed by atoms with Crippen LogP contribution in [0.15, 0.2) is 66.1 Å². The predicted molar refractivity (Wildman–Crippen MR) is 104 cm³/mol. The number of aromatic nitrogens is 2. The number of thioether (sulfide) groups is 1. The van der Waals surface area contributed by atoms with Gasteiger partial charge in [0.25, 0.3) is 0 Å². The van der Waals surface area contributed by atoms with E-state index in [1.807, 2.05) is 41.1 Å². The Hall–Kier alpha value is -2.53. The SMILES string of the molecule is Cc1ccc(C)c(-n2ccnc2SCC(=O)N(C)c2ccccc2)c1. The lowest BCUT2D eigenvalue weighted by atomic mass is 10.1. The normalized spacial score (nSPS) is 10.7. The van der Waals surface area contributed by atoms with Crippen molar-refractivity contribution in [3.63, 3.8) is 0 Å². The third kappa shape index (κ3) is 3.94. The third-order valence-electron chi connectivity index (χ3n) is 4.07. The Kier molecular flexibility index (Phi) is 5.24. The summed E-state index contributed by atoms with van der Waals surface area (Å²) in [5.74, 6) is 0.388. The van der Waals surface area contributed by atoms with E-state index in [2.05, 4.69) is 37.0 Å². The number of carbonyl (C=O) groups excluding carboxylic acids is 1. The van der Waals surface area contributed by atoms with Gasteiger partial charge in [0, 0.05) is 25.1 Å². The summed E-state index contributed by atoms with van der Waals surface area (Å²) >= 11 is 1.45. The van der Waals surface area contributed by atoms with Crippen LogP contribution in [0.25, 0.3) is 5.69 Å². The summed E-state index contributed by atoms with van der Waals surface area (Å²) in [6, 6.07) is 16.0. The molecular formula is C20H21N3OS. The number of hydrogen-bond donors (Lipinski definition) is 0. The minimum Gasteiger partial charge on any atom is -0.315 e. The average Bonchev–Trinajstić information content (AvgIpc) is 3.10. The van der Waals surface area contributed by atoms with Crippen LogP contribution in [0.3, 0.4) is 0 Å². The molecule has 1 aromatic heterocycles. The monoisotopic (exact) mass is 351 g/mol. The predicted octanol–water partition coefficient (Wildman–Crippen LogP) is 4.24. The highest BCUT2D eigenvalue weighted by Gasteiger charge is 2.14. The molecule has 0 aliphatic heterocycles. The van der Waals surface area contributed by atoms with Gasteiger partial charge >= 0.3 is 0 Å². The molecule has 0 aliphatic rings. The van der Waals surface area contributed by atoms with Crippen LogP contribution in [0.2, 0.25) is 0 Å². The van der Waals surface area contributed by atoms with Gasteiger partial charge in [0.2, 0.25) is 5.91 Å². The molecule has 0 saturated carbocycles. The number of para-hydroxylation sites is 1. The lowest BCUT2D eigenvalue weighted by molar-refractivity contribution is -0.115. The van der Waals surface area contributed by atoms with Crippen molar-refractivity contribution in [1.82, 2.24) is 9.55 Å². The smallest absolute Gasteiger partial charge is 0.237 e. The Bertz CT molecular complexity index is 874. The van der Waals surface area contributed by atoms with E-state index in [4.69, 9.17) is 0 Å². The zero-order valence-corrected chi connectivity index (χ0v) is 15.5. The Morgan fingerprint density at radius 2 is 1.92 bits per heavy atom. The summed E-state index contributed by atoms with van der Waals surface area (Å²) < 4.78 is 2.04. The summed E-state index contributed by atoms with van der Waals surface area (Å²) in [5, 5.41) is 0.823. The van der Waals surface area contributed by atoms with Crippen LogP contribution >= 0.6 is 11.8 Å². The van der Waals surface area contributed by atoms with E-state index in [9.17, 15) is 4.79 Å². The van der Waals surface area contributed by atoms with Crippen LogP contribution in [-0.2, 0) is 4.79 Å². The fourth-order valence-corrected chi connectivity index (χ4v) is 3.46. The summed E-state index contributed by atoms with van der Waals surface area (Å²) in [4.78, 5) is 18.6. The maximum Gasteiger partial charge on any atom is 0.237 e. The molecule has 0 bridgehead atoms. The number of carbonyl (C=O) groups is 1. The zero-order chi connectivity index (χ0) is 17.8. The van der Waals surface area contributed by atoms with Crippen molar-refractivity contribution in [3.05, 3.63) is 72.1 Å². The topological polar surface area (TPSA) is 38.1 Å². The van der Waals surface area contributed by atoms with Crippen LogP contribution in [-0.4, -0.2) is 28.3 Å². The van der Waals surface area contributed by atoms with Gasteiger partial charge in [0.15, 0.2) is 5.16 Å². The van der Waals surface area contributed by atoms with Crippen LogP contribution in [0.1, 0.15) is 11.1 Å². The lowest BCUT2D eigenvalue weighted by Crippen LogP contribution is -2.27. The van der Waals surface area contributed by atoms with Gasteiger partial charge in [0.1, 0.15) is 0 Å². The molecule has 0 saturated heterocycles. The minimum atomic E-state index is 0.0479. The highest BCUT2D eigenvalue weighted by Crippen LogP contribution is 2.24. The Balaban J connectivity index is 1.74. The van der Waals surface area contributed by atoms with Crippen molar-refractivity contribution in [3.8, 4) is 5.69 Å². The number of amides is 1. The van der Waals surface area contributed by atoms with E-state index in [0.717, 1.165) is 16.5 Å². The van der Waals surface area contributed by atoms with Crippen molar-refractivity contribution >= 4 is 23.4 Å². The van der Waals surface area contributed by atoms with Crippen molar-refractivity contribution in [2.75, 3.05) is 17.7 Å². The second kappa shape index (κ2) is 7.57. The fraction of sp³-hybridized carbons (Fsp3) is 0.200. The maximum absolute atomic E-state index is 12.5. The van der Waals surface area contributed by atoms with E-state index in [1.54, 1.807) is 18.1 Å². The first-order chi connectivity index (χ1) is 12.1. The Labute approximate surface area is 152 Å². The van der Waals surface area contributed by atoms with E-state index < -0.39 is 0 Å². The van der Waals surface area contributed by atoms with Crippen LogP contribution < -0.4 is 4.90 Å². The number of imidazole rings is 1. The summed E-state index contributed by atoms with van der Waals surface area (Å²) in [7, 11) is 1.80. The van der Waals surface area contributed by atoms with Crippen LogP contribution in [0, 0.1) is 13.8 Å². The molecule has 4 nitrogen and oxygen atoms in total. The number of aryl methyl sites for hydroxylation is 2. The standard InChI is InChI=1S/C20H21N3OS/c1-15-9-10-16(2)18(13-15)23-12-11-21-20(23)25-14-19(24)22(3)17-7-5-4-6-8-17/h4-13H,14H2,1-3H3. The molecule has 3 aromatic rings. The molecule has 0 spiro atoms. The highest BCUT2D eigenvalue weighted by atomic mass is 32.2.